The van der Waals surface area contributed by atoms with Crippen molar-refractivity contribution in [3.8, 4) is 0 Å². The Morgan fingerprint density at radius 3 is 2.83 bits per heavy atom. The van der Waals surface area contributed by atoms with Crippen LogP contribution in [0.3, 0.4) is 0 Å². The van der Waals surface area contributed by atoms with Crippen LogP contribution in [0, 0.1) is 12.3 Å². The maximum Gasteiger partial charge on any atom is 0.192 e. The van der Waals surface area contributed by atoms with E-state index in [1.165, 1.54) is 11.8 Å². The van der Waals surface area contributed by atoms with Gasteiger partial charge in [-0.3, -0.25) is 5.41 Å². The van der Waals surface area contributed by atoms with Gasteiger partial charge >= 0.3 is 0 Å². The van der Waals surface area contributed by atoms with Gasteiger partial charge < -0.3 is 5.73 Å². The maximum atomic E-state index is 7.56. The second kappa shape index (κ2) is 5.37. The molecule has 2 aromatic rings. The van der Waals surface area contributed by atoms with Crippen molar-refractivity contribution in [2.24, 2.45) is 5.73 Å². The van der Waals surface area contributed by atoms with Gasteiger partial charge in [-0.25, -0.2) is 9.97 Å². The monoisotopic (exact) mass is 278 g/mol. The first-order valence-electron chi connectivity index (χ1n) is 5.18. The Morgan fingerprint density at radius 2 is 2.17 bits per heavy atom. The molecule has 0 saturated heterocycles. The van der Waals surface area contributed by atoms with E-state index in [0.29, 0.717) is 15.7 Å². The number of nitrogens with two attached hydrogens (primary N) is 1. The highest BCUT2D eigenvalue weighted by atomic mass is 35.5. The first-order valence-corrected chi connectivity index (χ1v) is 6.38. The molecular formula is C12H11ClN4S. The van der Waals surface area contributed by atoms with E-state index in [4.69, 9.17) is 22.7 Å². The van der Waals surface area contributed by atoms with Gasteiger partial charge in [-0.2, -0.15) is 0 Å². The molecule has 0 aliphatic rings. The molecule has 2 rings (SSSR count). The molecule has 1 aromatic carbocycles. The molecule has 1 aromatic heterocycles. The van der Waals surface area contributed by atoms with Crippen molar-refractivity contribution >= 4 is 29.2 Å². The highest BCUT2D eigenvalue weighted by Gasteiger charge is 2.12. The van der Waals surface area contributed by atoms with Crippen LogP contribution in [0.1, 0.15) is 11.3 Å². The zero-order chi connectivity index (χ0) is 13.1. The van der Waals surface area contributed by atoms with Crippen LogP contribution in [-0.2, 0) is 0 Å². The fraction of sp³-hybridized carbons (Fsp3) is 0.0833. The average Bonchev–Trinajstić information content (AvgIpc) is 2.28. The van der Waals surface area contributed by atoms with Gasteiger partial charge in [0.15, 0.2) is 5.16 Å². The summed E-state index contributed by atoms with van der Waals surface area (Å²) in [6.07, 6.45) is 1.70. The fourth-order valence-electron chi connectivity index (χ4n) is 1.42. The number of hydrogen-bond acceptors (Lipinski definition) is 4. The lowest BCUT2D eigenvalue weighted by Gasteiger charge is -2.08. The van der Waals surface area contributed by atoms with Crippen molar-refractivity contribution in [3.05, 3.63) is 46.7 Å². The number of hydrogen-bond donors (Lipinski definition) is 2. The Morgan fingerprint density at radius 1 is 1.39 bits per heavy atom. The van der Waals surface area contributed by atoms with Gasteiger partial charge in [0.25, 0.3) is 0 Å². The Hall–Kier alpha value is -1.59. The largest absolute Gasteiger partial charge is 0.384 e. The van der Waals surface area contributed by atoms with Gasteiger partial charge in [-0.05, 0) is 36.9 Å². The van der Waals surface area contributed by atoms with E-state index in [2.05, 4.69) is 9.97 Å². The molecule has 0 atom stereocenters. The normalized spacial score (nSPS) is 10.3. The topological polar surface area (TPSA) is 75.7 Å². The zero-order valence-corrected chi connectivity index (χ0v) is 11.2. The Kier molecular flexibility index (Phi) is 3.84. The predicted octanol–water partition coefficient (Wildman–Crippen LogP) is 2.87. The van der Waals surface area contributed by atoms with E-state index in [1.807, 2.05) is 25.1 Å². The first-order chi connectivity index (χ1) is 8.58. The summed E-state index contributed by atoms with van der Waals surface area (Å²) >= 11 is 7.39. The standard InChI is InChI=1S/C12H11ClN4S/c1-7-5-6-16-12(17-7)18-9-4-2-3-8(13)10(9)11(14)15/h2-6H,1H3,(H3,14,15). The van der Waals surface area contributed by atoms with Crippen molar-refractivity contribution in [2.75, 3.05) is 0 Å². The highest BCUT2D eigenvalue weighted by Crippen LogP contribution is 2.31. The summed E-state index contributed by atoms with van der Waals surface area (Å²) in [5, 5.41) is 8.63. The summed E-state index contributed by atoms with van der Waals surface area (Å²) in [6, 6.07) is 7.19. The fourth-order valence-corrected chi connectivity index (χ4v) is 2.73. The molecule has 6 heteroatoms. The van der Waals surface area contributed by atoms with E-state index in [0.717, 1.165) is 10.6 Å². The minimum absolute atomic E-state index is 0.0595. The summed E-state index contributed by atoms with van der Waals surface area (Å²) in [6.45, 7) is 1.90. The SMILES string of the molecule is Cc1ccnc(Sc2cccc(Cl)c2C(=N)N)n1. The number of rotatable bonds is 3. The molecule has 4 nitrogen and oxygen atoms in total. The highest BCUT2D eigenvalue weighted by molar-refractivity contribution is 7.99. The summed E-state index contributed by atoms with van der Waals surface area (Å²) in [5.41, 5.74) is 6.95. The zero-order valence-electron chi connectivity index (χ0n) is 9.64. The number of amidine groups is 1. The van der Waals surface area contributed by atoms with Gasteiger partial charge in [0.1, 0.15) is 5.84 Å². The van der Waals surface area contributed by atoms with Crippen LogP contribution in [-0.4, -0.2) is 15.8 Å². The van der Waals surface area contributed by atoms with Gasteiger partial charge in [-0.15, -0.1) is 0 Å². The third-order valence-electron chi connectivity index (χ3n) is 2.22. The molecular weight excluding hydrogens is 268 g/mol. The molecule has 0 fully saturated rings. The van der Waals surface area contributed by atoms with Crippen molar-refractivity contribution in [2.45, 2.75) is 17.0 Å². The van der Waals surface area contributed by atoms with Gasteiger partial charge in [0, 0.05) is 22.3 Å². The summed E-state index contributed by atoms with van der Waals surface area (Å²) in [4.78, 5) is 9.24. The number of nitrogens with one attached hydrogen (secondary N) is 1. The van der Waals surface area contributed by atoms with Crippen LogP contribution in [0.5, 0.6) is 0 Å². The number of nitrogen functional groups attached to an aromatic ring is 1. The second-order valence-corrected chi connectivity index (χ2v) is 5.03. The maximum absolute atomic E-state index is 7.56. The average molecular weight is 279 g/mol. The van der Waals surface area contributed by atoms with Crippen LogP contribution in [0.4, 0.5) is 0 Å². The summed E-state index contributed by atoms with van der Waals surface area (Å²) in [5.74, 6) is -0.0595. The molecule has 0 saturated carbocycles. The molecule has 0 unspecified atom stereocenters. The molecule has 0 radical (unpaired) electrons. The van der Waals surface area contributed by atoms with Gasteiger partial charge in [-0.1, -0.05) is 17.7 Å². The number of aryl methyl sites for hydroxylation is 1. The molecule has 0 bridgehead atoms. The molecule has 0 aliphatic heterocycles. The van der Waals surface area contributed by atoms with Crippen LogP contribution in [0.2, 0.25) is 5.02 Å². The first kappa shape index (κ1) is 12.9. The lowest BCUT2D eigenvalue weighted by Crippen LogP contribution is -2.13. The number of nitrogens with zero attached hydrogens (tertiary/aromatic N) is 2. The van der Waals surface area contributed by atoms with E-state index in [9.17, 15) is 0 Å². The number of halogens is 1. The third-order valence-corrected chi connectivity index (χ3v) is 3.47. The minimum Gasteiger partial charge on any atom is -0.384 e. The molecule has 3 N–H and O–H groups in total. The number of benzene rings is 1. The van der Waals surface area contributed by atoms with Crippen molar-refractivity contribution in [1.29, 1.82) is 5.41 Å². The van der Waals surface area contributed by atoms with Crippen molar-refractivity contribution in [3.63, 3.8) is 0 Å². The van der Waals surface area contributed by atoms with Crippen LogP contribution >= 0.6 is 23.4 Å². The molecule has 92 valence electrons. The molecule has 0 spiro atoms. The van der Waals surface area contributed by atoms with Crippen molar-refractivity contribution < 1.29 is 0 Å². The van der Waals surface area contributed by atoms with E-state index in [1.54, 1.807) is 12.3 Å². The van der Waals surface area contributed by atoms with Crippen LogP contribution < -0.4 is 5.73 Å². The van der Waals surface area contributed by atoms with Gasteiger partial charge in [0.05, 0.1) is 5.02 Å². The van der Waals surface area contributed by atoms with Crippen molar-refractivity contribution in [1.82, 2.24) is 9.97 Å². The molecule has 0 aliphatic carbocycles. The van der Waals surface area contributed by atoms with Crippen LogP contribution in [0.15, 0.2) is 40.5 Å². The predicted molar refractivity (Wildman–Crippen MR) is 73.4 cm³/mol. The van der Waals surface area contributed by atoms with E-state index in [-0.39, 0.29) is 5.84 Å². The summed E-state index contributed by atoms with van der Waals surface area (Å²) < 4.78 is 0. The Labute approximate surface area is 114 Å². The summed E-state index contributed by atoms with van der Waals surface area (Å²) in [7, 11) is 0. The van der Waals surface area contributed by atoms with E-state index >= 15 is 0 Å². The lowest BCUT2D eigenvalue weighted by molar-refractivity contribution is 0.932. The lowest BCUT2D eigenvalue weighted by atomic mass is 10.2. The molecule has 18 heavy (non-hydrogen) atoms. The Balaban J connectivity index is 2.40. The molecule has 1 heterocycles. The number of aromatic nitrogens is 2. The van der Waals surface area contributed by atoms with E-state index < -0.39 is 0 Å². The van der Waals surface area contributed by atoms with Gasteiger partial charge in [0.2, 0.25) is 0 Å². The van der Waals surface area contributed by atoms with Crippen LogP contribution in [0.25, 0.3) is 0 Å². The smallest absolute Gasteiger partial charge is 0.192 e. The second-order valence-electron chi connectivity index (χ2n) is 3.61. The minimum atomic E-state index is -0.0595. The molecule has 0 amide bonds. The quantitative estimate of drug-likeness (QED) is 0.514. The Bertz CT molecular complexity index is 600. The third kappa shape index (κ3) is 2.80.